The monoisotopic (exact) mass is 642 g/mol. The smallest absolute Gasteiger partial charge is 0.330 e. The summed E-state index contributed by atoms with van der Waals surface area (Å²) in [6.45, 7) is 2.09. The fourth-order valence-electron chi connectivity index (χ4n) is 4.78. The van der Waals surface area contributed by atoms with Crippen molar-refractivity contribution in [2.24, 2.45) is 0 Å². The van der Waals surface area contributed by atoms with Crippen LogP contribution in [0.1, 0.15) is 128 Å². The second-order valence-electron chi connectivity index (χ2n) is 14.5. The molecule has 0 radical (unpaired) electrons. The van der Waals surface area contributed by atoms with Crippen molar-refractivity contribution in [1.82, 2.24) is 0 Å². The van der Waals surface area contributed by atoms with Gasteiger partial charge in [0.15, 0.2) is 0 Å². The van der Waals surface area contributed by atoms with E-state index in [1.54, 1.807) is 0 Å². The Hall–Kier alpha value is 0.220. The maximum atomic E-state index is 12.0. The molecule has 2 unspecified atom stereocenters. The number of hydrogen-bond donors (Lipinski definition) is 2. The van der Waals surface area contributed by atoms with Gasteiger partial charge in [0.2, 0.25) is 0 Å². The number of hydrogen-bond acceptors (Lipinski definition) is 4. The molecule has 2 N–H and O–H groups in total. The number of unbranched alkanes of at least 4 members (excludes halogenated alkanes) is 19. The number of rotatable bonds is 31. The summed E-state index contributed by atoms with van der Waals surface area (Å²) in [5.41, 5.74) is 0. The first-order valence-electron chi connectivity index (χ1n) is 17.2. The minimum atomic E-state index is -3.43. The first kappa shape index (κ1) is 42.2. The number of quaternary nitrogens is 2. The summed E-state index contributed by atoms with van der Waals surface area (Å²) in [6, 6.07) is 0. The van der Waals surface area contributed by atoms with Crippen LogP contribution in [-0.4, -0.2) is 99.7 Å². The van der Waals surface area contributed by atoms with E-state index in [1.165, 1.54) is 103 Å². The van der Waals surface area contributed by atoms with E-state index in [9.17, 15) is 18.9 Å². The van der Waals surface area contributed by atoms with Crippen LogP contribution >= 0.6 is 15.2 Å². The Morgan fingerprint density at radius 1 is 0.405 bits per heavy atom. The van der Waals surface area contributed by atoms with Gasteiger partial charge in [0.1, 0.15) is 0 Å². The van der Waals surface area contributed by atoms with Crippen LogP contribution < -0.4 is 0 Å². The fourth-order valence-corrected chi connectivity index (χ4v) is 7.57. The van der Waals surface area contributed by atoms with Crippen LogP contribution in [0.3, 0.4) is 0 Å². The topological polar surface area (TPSA) is 93.1 Å². The van der Waals surface area contributed by atoms with Crippen molar-refractivity contribution in [3.63, 3.8) is 0 Å². The van der Waals surface area contributed by atoms with E-state index in [0.717, 1.165) is 25.7 Å². The Balaban J connectivity index is 3.30. The molecule has 0 aromatic carbocycles. The van der Waals surface area contributed by atoms with E-state index in [0.29, 0.717) is 35.3 Å². The van der Waals surface area contributed by atoms with Crippen LogP contribution in [0.25, 0.3) is 0 Å². The van der Waals surface area contributed by atoms with Gasteiger partial charge in [-0.05, 0) is 12.8 Å². The largest absolute Gasteiger partial charge is 0.333 e. The van der Waals surface area contributed by atoms with Crippen LogP contribution in [-0.2, 0) is 18.2 Å². The van der Waals surface area contributed by atoms with Gasteiger partial charge in [-0.15, -0.1) is 0 Å². The third-order valence-corrected chi connectivity index (χ3v) is 10.4. The zero-order valence-electron chi connectivity index (χ0n) is 28.7. The SMILES string of the molecule is C[N+](C)(C)CCP(=O)(O)OCCCCCCCCCCCCCCCCCCCCCCOP(=O)(O)CC[N+](C)(C)C. The van der Waals surface area contributed by atoms with E-state index in [2.05, 4.69) is 0 Å². The average molecular weight is 643 g/mol. The Kier molecular flexibility index (Phi) is 24.6. The molecule has 0 aromatic rings. The Labute approximate surface area is 261 Å². The van der Waals surface area contributed by atoms with Crippen LogP contribution in [0.15, 0.2) is 0 Å². The van der Waals surface area contributed by atoms with E-state index in [1.807, 2.05) is 42.3 Å². The highest BCUT2D eigenvalue weighted by molar-refractivity contribution is 7.53. The minimum Gasteiger partial charge on any atom is -0.330 e. The third-order valence-electron chi connectivity index (χ3n) is 7.73. The summed E-state index contributed by atoms with van der Waals surface area (Å²) >= 11 is 0. The van der Waals surface area contributed by atoms with E-state index < -0.39 is 15.2 Å². The Bertz CT molecular complexity index is 665. The van der Waals surface area contributed by atoms with Crippen molar-refractivity contribution in [3.05, 3.63) is 0 Å². The summed E-state index contributed by atoms with van der Waals surface area (Å²) in [4.78, 5) is 19.8. The van der Waals surface area contributed by atoms with E-state index in [-0.39, 0.29) is 12.3 Å². The molecular weight excluding hydrogens is 570 g/mol. The van der Waals surface area contributed by atoms with Gasteiger partial charge in [0.25, 0.3) is 0 Å². The lowest BCUT2D eigenvalue weighted by atomic mass is 10.0. The minimum absolute atomic E-state index is 0.230. The van der Waals surface area contributed by atoms with Crippen LogP contribution in [0, 0.1) is 0 Å². The van der Waals surface area contributed by atoms with Gasteiger partial charge in [0.05, 0.1) is 80.9 Å². The van der Waals surface area contributed by atoms with Crippen molar-refractivity contribution in [2.75, 3.05) is 80.9 Å². The Morgan fingerprint density at radius 3 is 0.786 bits per heavy atom. The van der Waals surface area contributed by atoms with Crippen molar-refractivity contribution in [1.29, 1.82) is 0 Å². The molecule has 254 valence electrons. The molecule has 0 heterocycles. The molecular formula is C32H72N2O6P2+2. The van der Waals surface area contributed by atoms with E-state index >= 15 is 0 Å². The maximum absolute atomic E-state index is 12.0. The highest BCUT2D eigenvalue weighted by atomic mass is 31.2. The summed E-state index contributed by atoms with van der Waals surface area (Å²) in [5, 5.41) is 0. The lowest BCUT2D eigenvalue weighted by molar-refractivity contribution is -0.867. The molecule has 0 amide bonds. The van der Waals surface area contributed by atoms with Gasteiger partial charge in [-0.25, -0.2) is 0 Å². The second-order valence-corrected chi connectivity index (χ2v) is 18.4. The average Bonchev–Trinajstić information content (AvgIpc) is 2.88. The van der Waals surface area contributed by atoms with Gasteiger partial charge in [-0.2, -0.15) is 0 Å². The molecule has 0 spiro atoms. The fraction of sp³-hybridized carbons (Fsp3) is 1.00. The van der Waals surface area contributed by atoms with Gasteiger partial charge in [-0.3, -0.25) is 9.13 Å². The van der Waals surface area contributed by atoms with Gasteiger partial charge < -0.3 is 27.8 Å². The quantitative estimate of drug-likeness (QED) is 0.0447. The summed E-state index contributed by atoms with van der Waals surface area (Å²) in [7, 11) is 5.26. The summed E-state index contributed by atoms with van der Waals surface area (Å²) in [6.07, 6.45) is 25.5. The molecule has 10 heteroatoms. The first-order valence-corrected chi connectivity index (χ1v) is 20.7. The van der Waals surface area contributed by atoms with Crippen molar-refractivity contribution in [2.45, 2.75) is 128 Å². The van der Waals surface area contributed by atoms with Crippen LogP contribution in [0.5, 0.6) is 0 Å². The summed E-state index contributed by atoms with van der Waals surface area (Å²) < 4.78 is 36.0. The van der Waals surface area contributed by atoms with Crippen LogP contribution in [0.2, 0.25) is 0 Å². The van der Waals surface area contributed by atoms with Crippen molar-refractivity contribution in [3.8, 4) is 0 Å². The zero-order chi connectivity index (χ0) is 31.8. The molecule has 0 aliphatic carbocycles. The maximum Gasteiger partial charge on any atom is 0.333 e. The highest BCUT2D eigenvalue weighted by Crippen LogP contribution is 2.42. The first-order chi connectivity index (χ1) is 19.6. The normalized spacial score (nSPS) is 15.5. The van der Waals surface area contributed by atoms with Gasteiger partial charge in [-0.1, -0.05) is 116 Å². The predicted octanol–water partition coefficient (Wildman–Crippen LogP) is 8.60. The summed E-state index contributed by atoms with van der Waals surface area (Å²) in [5.74, 6) is 0. The van der Waals surface area contributed by atoms with Crippen molar-refractivity contribution >= 4 is 15.2 Å². The molecule has 0 saturated carbocycles. The molecule has 0 aromatic heterocycles. The molecule has 2 atom stereocenters. The molecule has 0 aliphatic rings. The molecule has 0 bridgehead atoms. The molecule has 0 aliphatic heterocycles. The molecule has 0 saturated heterocycles. The second kappa shape index (κ2) is 24.5. The highest BCUT2D eigenvalue weighted by Gasteiger charge is 2.24. The lowest BCUT2D eigenvalue weighted by Gasteiger charge is -2.24. The lowest BCUT2D eigenvalue weighted by Crippen LogP contribution is -2.37. The van der Waals surface area contributed by atoms with Crippen molar-refractivity contribution < 1.29 is 36.9 Å². The number of nitrogens with zero attached hydrogens (tertiary/aromatic N) is 2. The standard InChI is InChI=1S/C32H70N2O6P2/c1-33(2,3)27-31-41(35,36)39-29-25-23-21-19-17-15-13-11-9-7-8-10-12-14-16-18-20-22-24-26-30-40-42(37,38)32-28-34(4,5)6/h7-32H2,1-6H3/p+2. The Morgan fingerprint density at radius 2 is 0.595 bits per heavy atom. The zero-order valence-corrected chi connectivity index (χ0v) is 30.5. The van der Waals surface area contributed by atoms with Gasteiger partial charge >= 0.3 is 15.2 Å². The third kappa shape index (κ3) is 33.1. The molecule has 0 fully saturated rings. The predicted molar refractivity (Wildman–Crippen MR) is 179 cm³/mol. The van der Waals surface area contributed by atoms with Gasteiger partial charge in [0, 0.05) is 0 Å². The molecule has 0 rings (SSSR count). The van der Waals surface area contributed by atoms with Crippen LogP contribution in [0.4, 0.5) is 0 Å². The molecule has 8 nitrogen and oxygen atoms in total. The molecule has 42 heavy (non-hydrogen) atoms. The van der Waals surface area contributed by atoms with E-state index in [4.69, 9.17) is 9.05 Å².